The van der Waals surface area contributed by atoms with Gasteiger partial charge in [-0.15, -0.1) is 0 Å². The first-order valence-corrected chi connectivity index (χ1v) is 4.15. The van der Waals surface area contributed by atoms with Crippen LogP contribution in [0.4, 0.5) is 0 Å². The SMILES string of the molecule is C=CCO/C(C=C)=C(C=C)/C=C\C. The van der Waals surface area contributed by atoms with Crippen LogP contribution >= 0.6 is 0 Å². The molecular formula is C12H16O. The number of ether oxygens (including phenoxy) is 1. The molecule has 0 aromatic heterocycles. The Morgan fingerprint density at radius 1 is 1.23 bits per heavy atom. The molecule has 1 nitrogen and oxygen atoms in total. The summed E-state index contributed by atoms with van der Waals surface area (Å²) in [5.74, 6) is 0.730. The molecule has 0 heterocycles. The number of allylic oxidation sites excluding steroid dienone is 5. The van der Waals surface area contributed by atoms with Crippen LogP contribution in [0.25, 0.3) is 0 Å². The normalized spacial score (nSPS) is 12.1. The third-order valence-electron chi connectivity index (χ3n) is 1.39. The third-order valence-corrected chi connectivity index (χ3v) is 1.39. The highest BCUT2D eigenvalue weighted by atomic mass is 16.5. The molecule has 0 saturated carbocycles. The first-order chi connectivity index (χ1) is 6.29. The molecule has 0 atom stereocenters. The Morgan fingerprint density at radius 2 is 1.92 bits per heavy atom. The number of hydrogen-bond donors (Lipinski definition) is 0. The lowest BCUT2D eigenvalue weighted by Crippen LogP contribution is -1.92. The van der Waals surface area contributed by atoms with Crippen LogP contribution in [0.3, 0.4) is 0 Å². The largest absolute Gasteiger partial charge is 0.489 e. The van der Waals surface area contributed by atoms with Gasteiger partial charge in [-0.2, -0.15) is 0 Å². The molecule has 0 amide bonds. The van der Waals surface area contributed by atoms with Gasteiger partial charge < -0.3 is 4.74 Å². The lowest BCUT2D eigenvalue weighted by atomic mass is 10.2. The minimum Gasteiger partial charge on any atom is -0.489 e. The lowest BCUT2D eigenvalue weighted by Gasteiger charge is -2.06. The fraction of sp³-hybridized carbons (Fsp3) is 0.167. The Morgan fingerprint density at radius 3 is 2.31 bits per heavy atom. The van der Waals surface area contributed by atoms with Crippen molar-refractivity contribution in [1.82, 2.24) is 0 Å². The molecule has 0 unspecified atom stereocenters. The second-order valence-electron chi connectivity index (χ2n) is 2.33. The Hall–Kier alpha value is -1.50. The van der Waals surface area contributed by atoms with Crippen LogP contribution in [0, 0.1) is 0 Å². The van der Waals surface area contributed by atoms with Crippen molar-refractivity contribution in [2.75, 3.05) is 6.61 Å². The maximum Gasteiger partial charge on any atom is 0.126 e. The molecule has 0 saturated heterocycles. The van der Waals surface area contributed by atoms with Crippen molar-refractivity contribution >= 4 is 0 Å². The summed E-state index contributed by atoms with van der Waals surface area (Å²) in [4.78, 5) is 0. The van der Waals surface area contributed by atoms with Crippen LogP contribution in [-0.2, 0) is 4.74 Å². The van der Waals surface area contributed by atoms with E-state index < -0.39 is 0 Å². The van der Waals surface area contributed by atoms with Gasteiger partial charge in [0, 0.05) is 5.57 Å². The number of hydrogen-bond acceptors (Lipinski definition) is 1. The smallest absolute Gasteiger partial charge is 0.126 e. The van der Waals surface area contributed by atoms with Crippen molar-refractivity contribution in [3.8, 4) is 0 Å². The zero-order chi connectivity index (χ0) is 10.1. The second kappa shape index (κ2) is 7.17. The molecule has 0 bridgehead atoms. The van der Waals surface area contributed by atoms with Gasteiger partial charge in [0.25, 0.3) is 0 Å². The predicted octanol–water partition coefficient (Wildman–Crippen LogP) is 3.39. The highest BCUT2D eigenvalue weighted by Crippen LogP contribution is 2.10. The van der Waals surface area contributed by atoms with Crippen molar-refractivity contribution in [2.24, 2.45) is 0 Å². The van der Waals surface area contributed by atoms with Gasteiger partial charge in [-0.25, -0.2) is 0 Å². The van der Waals surface area contributed by atoms with Crippen LogP contribution < -0.4 is 0 Å². The zero-order valence-corrected chi connectivity index (χ0v) is 8.12. The average molecular weight is 176 g/mol. The minimum atomic E-state index is 0.482. The summed E-state index contributed by atoms with van der Waals surface area (Å²) in [6.45, 7) is 13.4. The summed E-state index contributed by atoms with van der Waals surface area (Å²) < 4.78 is 5.37. The molecule has 0 aliphatic heterocycles. The van der Waals surface area contributed by atoms with E-state index in [2.05, 4.69) is 19.7 Å². The fourth-order valence-corrected chi connectivity index (χ4v) is 0.839. The van der Waals surface area contributed by atoms with E-state index >= 15 is 0 Å². The van der Waals surface area contributed by atoms with Gasteiger partial charge in [-0.3, -0.25) is 0 Å². The van der Waals surface area contributed by atoms with Gasteiger partial charge in [-0.1, -0.05) is 44.0 Å². The van der Waals surface area contributed by atoms with E-state index in [1.54, 1.807) is 18.2 Å². The van der Waals surface area contributed by atoms with Crippen LogP contribution in [0.2, 0.25) is 0 Å². The van der Waals surface area contributed by atoms with E-state index in [9.17, 15) is 0 Å². The van der Waals surface area contributed by atoms with Crippen molar-refractivity contribution in [3.63, 3.8) is 0 Å². The van der Waals surface area contributed by atoms with Crippen molar-refractivity contribution in [1.29, 1.82) is 0 Å². The molecule has 70 valence electrons. The second-order valence-corrected chi connectivity index (χ2v) is 2.33. The Bertz CT molecular complexity index is 244. The minimum absolute atomic E-state index is 0.482. The number of rotatable bonds is 6. The highest BCUT2D eigenvalue weighted by molar-refractivity contribution is 5.36. The Balaban J connectivity index is 4.69. The molecule has 0 rings (SSSR count). The molecule has 13 heavy (non-hydrogen) atoms. The molecule has 0 fully saturated rings. The van der Waals surface area contributed by atoms with Crippen LogP contribution in [-0.4, -0.2) is 6.61 Å². The maximum atomic E-state index is 5.37. The van der Waals surface area contributed by atoms with E-state index in [0.29, 0.717) is 6.61 Å². The highest BCUT2D eigenvalue weighted by Gasteiger charge is 1.96. The van der Waals surface area contributed by atoms with Crippen molar-refractivity contribution in [2.45, 2.75) is 6.92 Å². The molecule has 0 radical (unpaired) electrons. The predicted molar refractivity (Wildman–Crippen MR) is 58.4 cm³/mol. The lowest BCUT2D eigenvalue weighted by molar-refractivity contribution is 0.260. The average Bonchev–Trinajstić information content (AvgIpc) is 2.17. The monoisotopic (exact) mass is 176 g/mol. The van der Waals surface area contributed by atoms with Gasteiger partial charge in [0.15, 0.2) is 0 Å². The Labute approximate surface area is 80.4 Å². The topological polar surface area (TPSA) is 9.23 Å². The molecule has 0 spiro atoms. The molecule has 0 N–H and O–H groups in total. The molecule has 1 heteroatoms. The Kier molecular flexibility index (Phi) is 6.34. The molecule has 0 aromatic carbocycles. The first kappa shape index (κ1) is 11.5. The van der Waals surface area contributed by atoms with Gasteiger partial charge in [-0.05, 0) is 13.0 Å². The van der Waals surface area contributed by atoms with Gasteiger partial charge in [0.1, 0.15) is 12.4 Å². The van der Waals surface area contributed by atoms with Gasteiger partial charge in [0.2, 0.25) is 0 Å². The molecular weight excluding hydrogens is 160 g/mol. The quantitative estimate of drug-likeness (QED) is 0.342. The van der Waals surface area contributed by atoms with E-state index in [0.717, 1.165) is 11.3 Å². The van der Waals surface area contributed by atoms with E-state index in [1.165, 1.54) is 0 Å². The summed E-state index contributed by atoms with van der Waals surface area (Å²) in [6, 6.07) is 0. The third kappa shape index (κ3) is 4.16. The van der Waals surface area contributed by atoms with Crippen LogP contribution in [0.15, 0.2) is 61.4 Å². The van der Waals surface area contributed by atoms with E-state index in [-0.39, 0.29) is 0 Å². The molecule has 0 aliphatic rings. The standard InChI is InChI=1S/C12H16O/c1-5-9-11(7-3)12(8-4)13-10-6-2/h5-9H,2-4,10H2,1H3/b9-5-,12-11+. The maximum absolute atomic E-state index is 5.37. The van der Waals surface area contributed by atoms with E-state index in [1.807, 2.05) is 19.1 Å². The summed E-state index contributed by atoms with van der Waals surface area (Å²) in [5, 5.41) is 0. The summed E-state index contributed by atoms with van der Waals surface area (Å²) >= 11 is 0. The summed E-state index contributed by atoms with van der Waals surface area (Å²) in [6.07, 6.45) is 8.95. The van der Waals surface area contributed by atoms with Crippen molar-refractivity contribution in [3.05, 3.63) is 61.4 Å². The fourth-order valence-electron chi connectivity index (χ4n) is 0.839. The van der Waals surface area contributed by atoms with Crippen molar-refractivity contribution < 1.29 is 4.74 Å². The summed E-state index contributed by atoms with van der Waals surface area (Å²) in [7, 11) is 0. The van der Waals surface area contributed by atoms with Crippen LogP contribution in [0.5, 0.6) is 0 Å². The van der Waals surface area contributed by atoms with Crippen LogP contribution in [0.1, 0.15) is 6.92 Å². The van der Waals surface area contributed by atoms with E-state index in [4.69, 9.17) is 4.74 Å². The van der Waals surface area contributed by atoms with Gasteiger partial charge in [0.05, 0.1) is 0 Å². The van der Waals surface area contributed by atoms with Gasteiger partial charge >= 0.3 is 0 Å². The molecule has 0 aliphatic carbocycles. The first-order valence-electron chi connectivity index (χ1n) is 4.15. The summed E-state index contributed by atoms with van der Waals surface area (Å²) in [5.41, 5.74) is 0.930. The zero-order valence-electron chi connectivity index (χ0n) is 8.12. The molecule has 0 aromatic rings.